The quantitative estimate of drug-likeness (QED) is 0.947. The molecular formula is C17H19N3OS. The lowest BCUT2D eigenvalue weighted by atomic mass is 9.97. The molecule has 22 heavy (non-hydrogen) atoms. The monoisotopic (exact) mass is 313 g/mol. The van der Waals surface area contributed by atoms with Crippen molar-refractivity contribution < 1.29 is 4.79 Å². The van der Waals surface area contributed by atoms with Crippen LogP contribution in [0.3, 0.4) is 0 Å². The van der Waals surface area contributed by atoms with E-state index < -0.39 is 0 Å². The molecule has 4 nitrogen and oxygen atoms in total. The van der Waals surface area contributed by atoms with Crippen LogP contribution in [-0.4, -0.2) is 41.5 Å². The molecule has 2 bridgehead atoms. The highest BCUT2D eigenvalue weighted by Crippen LogP contribution is 2.28. The van der Waals surface area contributed by atoms with Gasteiger partial charge in [-0.15, -0.1) is 11.3 Å². The SMILES string of the molecule is O=C(N[C@@H]1C[C@H]2CCN(C2)C1)c1ncc(-c2ccccc2)s1. The largest absolute Gasteiger partial charge is 0.346 e. The maximum absolute atomic E-state index is 12.4. The molecule has 0 spiro atoms. The molecule has 0 saturated carbocycles. The molecule has 2 fully saturated rings. The van der Waals surface area contributed by atoms with Crippen molar-refractivity contribution in [2.24, 2.45) is 5.92 Å². The number of thiazole rings is 1. The van der Waals surface area contributed by atoms with E-state index in [0.717, 1.165) is 29.3 Å². The van der Waals surface area contributed by atoms with Crippen LogP contribution in [0.15, 0.2) is 36.5 Å². The van der Waals surface area contributed by atoms with Gasteiger partial charge in [0.1, 0.15) is 0 Å². The maximum Gasteiger partial charge on any atom is 0.280 e. The van der Waals surface area contributed by atoms with Crippen LogP contribution in [-0.2, 0) is 0 Å². The Bertz CT molecular complexity index is 658. The van der Waals surface area contributed by atoms with Gasteiger partial charge in [0, 0.05) is 25.3 Å². The van der Waals surface area contributed by atoms with Gasteiger partial charge in [-0.05, 0) is 30.9 Å². The van der Waals surface area contributed by atoms with E-state index in [9.17, 15) is 4.79 Å². The van der Waals surface area contributed by atoms with Gasteiger partial charge in [0.25, 0.3) is 5.91 Å². The number of nitrogens with zero attached hydrogens (tertiary/aromatic N) is 2. The van der Waals surface area contributed by atoms with Crippen LogP contribution < -0.4 is 5.32 Å². The van der Waals surface area contributed by atoms with Crippen molar-refractivity contribution >= 4 is 17.2 Å². The molecule has 1 aromatic heterocycles. The van der Waals surface area contributed by atoms with E-state index >= 15 is 0 Å². The molecule has 1 unspecified atom stereocenters. The highest BCUT2D eigenvalue weighted by molar-refractivity contribution is 7.16. The van der Waals surface area contributed by atoms with Gasteiger partial charge in [0.2, 0.25) is 0 Å². The highest BCUT2D eigenvalue weighted by atomic mass is 32.1. The number of carbonyl (C=O) groups is 1. The van der Waals surface area contributed by atoms with E-state index in [1.54, 1.807) is 6.20 Å². The number of nitrogens with one attached hydrogen (secondary N) is 1. The molecule has 2 aliphatic rings. The van der Waals surface area contributed by atoms with Crippen LogP contribution >= 0.6 is 11.3 Å². The van der Waals surface area contributed by atoms with Gasteiger partial charge in [-0.2, -0.15) is 0 Å². The average Bonchev–Trinajstić information content (AvgIpc) is 3.15. The summed E-state index contributed by atoms with van der Waals surface area (Å²) in [6.07, 6.45) is 4.18. The zero-order chi connectivity index (χ0) is 14.9. The molecule has 0 aliphatic carbocycles. The molecule has 0 radical (unpaired) electrons. The predicted molar refractivity (Wildman–Crippen MR) is 88.0 cm³/mol. The van der Waals surface area contributed by atoms with Crippen molar-refractivity contribution in [1.82, 2.24) is 15.2 Å². The van der Waals surface area contributed by atoms with Gasteiger partial charge in [-0.3, -0.25) is 4.79 Å². The van der Waals surface area contributed by atoms with Gasteiger partial charge in [-0.25, -0.2) is 4.98 Å². The molecule has 114 valence electrons. The number of benzene rings is 1. The third-order valence-electron chi connectivity index (χ3n) is 4.56. The number of hydrogen-bond acceptors (Lipinski definition) is 4. The fourth-order valence-electron chi connectivity index (χ4n) is 3.53. The lowest BCUT2D eigenvalue weighted by molar-refractivity contribution is 0.0909. The maximum atomic E-state index is 12.4. The Morgan fingerprint density at radius 1 is 1.27 bits per heavy atom. The molecular weight excluding hydrogens is 294 g/mol. The number of hydrogen-bond donors (Lipinski definition) is 1. The van der Waals surface area contributed by atoms with Crippen LogP contribution in [0.2, 0.25) is 0 Å². The number of aromatic nitrogens is 1. The Labute approximate surface area is 134 Å². The topological polar surface area (TPSA) is 45.2 Å². The molecule has 1 aromatic carbocycles. The third kappa shape index (κ3) is 2.78. The first-order chi connectivity index (χ1) is 10.8. The fraction of sp³-hybridized carbons (Fsp3) is 0.412. The average molecular weight is 313 g/mol. The zero-order valence-corrected chi connectivity index (χ0v) is 13.2. The summed E-state index contributed by atoms with van der Waals surface area (Å²) < 4.78 is 0. The van der Waals surface area contributed by atoms with Gasteiger partial charge >= 0.3 is 0 Å². The number of amides is 1. The standard InChI is InChI=1S/C17H19N3OS/c21-16(19-14-8-12-6-7-20(10-12)11-14)17-18-9-15(22-17)13-4-2-1-3-5-13/h1-5,9,12,14H,6-8,10-11H2,(H,19,21)/t12-,14-/m1/s1. The van der Waals surface area contributed by atoms with E-state index in [-0.39, 0.29) is 11.9 Å². The Hall–Kier alpha value is -1.72. The summed E-state index contributed by atoms with van der Waals surface area (Å²) in [5, 5.41) is 3.73. The van der Waals surface area contributed by atoms with Crippen molar-refractivity contribution in [3.05, 3.63) is 41.5 Å². The Morgan fingerprint density at radius 2 is 2.14 bits per heavy atom. The second-order valence-electron chi connectivity index (χ2n) is 6.22. The lowest BCUT2D eigenvalue weighted by Crippen LogP contribution is -2.46. The van der Waals surface area contributed by atoms with Gasteiger partial charge in [-0.1, -0.05) is 30.3 Å². The minimum absolute atomic E-state index is 0.0281. The number of piperidine rings is 1. The number of carbonyl (C=O) groups excluding carboxylic acids is 1. The summed E-state index contributed by atoms with van der Waals surface area (Å²) in [4.78, 5) is 20.2. The van der Waals surface area contributed by atoms with E-state index in [1.165, 1.54) is 30.8 Å². The minimum Gasteiger partial charge on any atom is -0.346 e. The predicted octanol–water partition coefficient (Wildman–Crippen LogP) is 2.63. The summed E-state index contributed by atoms with van der Waals surface area (Å²) in [7, 11) is 0. The summed E-state index contributed by atoms with van der Waals surface area (Å²) in [6.45, 7) is 3.38. The van der Waals surface area contributed by atoms with Crippen molar-refractivity contribution in [3.63, 3.8) is 0 Å². The summed E-state index contributed by atoms with van der Waals surface area (Å²) in [6, 6.07) is 10.4. The first kappa shape index (κ1) is 13.9. The van der Waals surface area contributed by atoms with E-state index in [4.69, 9.17) is 0 Å². The van der Waals surface area contributed by atoms with Crippen LogP contribution in [0, 0.1) is 5.92 Å². The second-order valence-corrected chi connectivity index (χ2v) is 7.25. The molecule has 1 N–H and O–H groups in total. The van der Waals surface area contributed by atoms with Gasteiger partial charge in [0.15, 0.2) is 5.01 Å². The van der Waals surface area contributed by atoms with Crippen LogP contribution in [0.25, 0.3) is 10.4 Å². The van der Waals surface area contributed by atoms with Crippen LogP contribution in [0.1, 0.15) is 22.6 Å². The van der Waals surface area contributed by atoms with Crippen LogP contribution in [0.4, 0.5) is 0 Å². The molecule has 3 heterocycles. The lowest BCUT2D eigenvalue weighted by Gasteiger charge is -2.30. The van der Waals surface area contributed by atoms with E-state index in [1.807, 2.05) is 30.3 Å². The number of fused-ring (bicyclic) bond motifs is 2. The summed E-state index contributed by atoms with van der Waals surface area (Å²) in [5.74, 6) is 0.731. The van der Waals surface area contributed by atoms with Crippen molar-refractivity contribution in [2.45, 2.75) is 18.9 Å². The van der Waals surface area contributed by atoms with E-state index in [2.05, 4.69) is 15.2 Å². The molecule has 4 rings (SSSR count). The molecule has 3 atom stereocenters. The normalized spacial score (nSPS) is 26.8. The molecule has 1 amide bonds. The van der Waals surface area contributed by atoms with E-state index in [0.29, 0.717) is 5.01 Å². The fourth-order valence-corrected chi connectivity index (χ4v) is 4.35. The molecule has 2 aromatic rings. The summed E-state index contributed by atoms with van der Waals surface area (Å²) in [5.41, 5.74) is 1.11. The zero-order valence-electron chi connectivity index (χ0n) is 12.4. The summed E-state index contributed by atoms with van der Waals surface area (Å²) >= 11 is 1.46. The van der Waals surface area contributed by atoms with Gasteiger partial charge in [0.05, 0.1) is 4.88 Å². The smallest absolute Gasteiger partial charge is 0.280 e. The number of rotatable bonds is 3. The first-order valence-corrected chi connectivity index (χ1v) is 8.64. The van der Waals surface area contributed by atoms with Crippen molar-refractivity contribution in [1.29, 1.82) is 0 Å². The van der Waals surface area contributed by atoms with Crippen LogP contribution in [0.5, 0.6) is 0 Å². The second kappa shape index (κ2) is 5.82. The highest BCUT2D eigenvalue weighted by Gasteiger charge is 2.33. The van der Waals surface area contributed by atoms with Gasteiger partial charge < -0.3 is 10.2 Å². The Balaban J connectivity index is 1.44. The first-order valence-electron chi connectivity index (χ1n) is 7.82. The van der Waals surface area contributed by atoms with Crippen molar-refractivity contribution in [2.75, 3.05) is 19.6 Å². The Morgan fingerprint density at radius 3 is 2.95 bits per heavy atom. The molecule has 2 saturated heterocycles. The molecule has 2 aliphatic heterocycles. The third-order valence-corrected chi connectivity index (χ3v) is 5.61. The molecule has 5 heteroatoms. The minimum atomic E-state index is -0.0281. The Kier molecular flexibility index (Phi) is 3.68. The van der Waals surface area contributed by atoms with Crippen molar-refractivity contribution in [3.8, 4) is 10.4 Å².